The lowest BCUT2D eigenvalue weighted by Crippen LogP contribution is -2.40. The number of benzene rings is 2. The maximum atomic E-state index is 10.8. The van der Waals surface area contributed by atoms with Crippen LogP contribution in [-0.2, 0) is 18.3 Å². The molecule has 7 nitrogen and oxygen atoms in total. The van der Waals surface area contributed by atoms with Gasteiger partial charge in [-0.3, -0.25) is 4.90 Å². The fraction of sp³-hybridized carbons (Fsp3) is 0.483. The third-order valence-corrected chi connectivity index (χ3v) is 6.19. The number of hydrogen-bond acceptors (Lipinski definition) is 6. The molecule has 0 radical (unpaired) electrons. The molecular weight excluding hydrogens is 454 g/mol. The van der Waals surface area contributed by atoms with Gasteiger partial charge < -0.3 is 19.3 Å². The SMILES string of the molecule is CC[C@@H](C)N(Cc1c(-c2ccccc2)nn(C)c1Oc1ccc(OC)cc1)C[C@H](O)COCC(C)C. The van der Waals surface area contributed by atoms with Gasteiger partial charge in [0.1, 0.15) is 17.2 Å². The molecule has 0 unspecified atom stereocenters. The third-order valence-electron chi connectivity index (χ3n) is 6.19. The van der Waals surface area contributed by atoms with Crippen molar-refractivity contribution in [2.24, 2.45) is 13.0 Å². The predicted octanol–water partition coefficient (Wildman–Crippen LogP) is 5.52. The first-order valence-electron chi connectivity index (χ1n) is 12.7. The van der Waals surface area contributed by atoms with Crippen LogP contribution in [0, 0.1) is 5.92 Å². The lowest BCUT2D eigenvalue weighted by Gasteiger charge is -2.30. The van der Waals surface area contributed by atoms with Crippen molar-refractivity contribution in [1.82, 2.24) is 14.7 Å². The van der Waals surface area contributed by atoms with Crippen LogP contribution in [0.25, 0.3) is 11.3 Å². The summed E-state index contributed by atoms with van der Waals surface area (Å²) < 4.78 is 19.2. The second-order valence-corrected chi connectivity index (χ2v) is 9.67. The van der Waals surface area contributed by atoms with Gasteiger partial charge >= 0.3 is 0 Å². The summed E-state index contributed by atoms with van der Waals surface area (Å²) in [5.74, 6) is 2.59. The zero-order valence-corrected chi connectivity index (χ0v) is 22.5. The van der Waals surface area contributed by atoms with Crippen LogP contribution in [0.5, 0.6) is 17.4 Å². The lowest BCUT2D eigenvalue weighted by atomic mass is 10.1. The van der Waals surface area contributed by atoms with Crippen LogP contribution in [0.3, 0.4) is 0 Å². The Balaban J connectivity index is 1.93. The summed E-state index contributed by atoms with van der Waals surface area (Å²) >= 11 is 0. The highest BCUT2D eigenvalue weighted by molar-refractivity contribution is 5.65. The second kappa shape index (κ2) is 13.4. The average molecular weight is 496 g/mol. The molecular formula is C29H41N3O4. The summed E-state index contributed by atoms with van der Waals surface area (Å²) in [6.07, 6.45) is 0.371. The van der Waals surface area contributed by atoms with E-state index in [1.165, 1.54) is 0 Å². The summed E-state index contributed by atoms with van der Waals surface area (Å²) in [5.41, 5.74) is 2.88. The third kappa shape index (κ3) is 7.56. The molecule has 0 aliphatic carbocycles. The first-order valence-corrected chi connectivity index (χ1v) is 12.7. The Bertz CT molecular complexity index is 1050. The molecule has 196 valence electrons. The molecule has 2 atom stereocenters. The van der Waals surface area contributed by atoms with E-state index in [9.17, 15) is 5.11 Å². The Hall–Kier alpha value is -2.87. The molecule has 36 heavy (non-hydrogen) atoms. The van der Waals surface area contributed by atoms with Crippen molar-refractivity contribution in [2.75, 3.05) is 26.9 Å². The Morgan fingerprint density at radius 2 is 1.64 bits per heavy atom. The molecule has 0 amide bonds. The number of nitrogens with zero attached hydrogens (tertiary/aromatic N) is 3. The van der Waals surface area contributed by atoms with Crippen LogP contribution < -0.4 is 9.47 Å². The fourth-order valence-corrected chi connectivity index (χ4v) is 4.03. The van der Waals surface area contributed by atoms with Crippen molar-refractivity contribution in [3.8, 4) is 28.6 Å². The highest BCUT2D eigenvalue weighted by Crippen LogP contribution is 2.35. The number of methoxy groups -OCH3 is 1. The Morgan fingerprint density at radius 1 is 0.972 bits per heavy atom. The molecule has 7 heteroatoms. The molecule has 0 fully saturated rings. The Labute approximate surface area is 215 Å². The fourth-order valence-electron chi connectivity index (χ4n) is 4.03. The topological polar surface area (TPSA) is 69.0 Å². The van der Waals surface area contributed by atoms with Gasteiger partial charge in [0.2, 0.25) is 5.88 Å². The Morgan fingerprint density at radius 3 is 2.25 bits per heavy atom. The van der Waals surface area contributed by atoms with Gasteiger partial charge in [-0.1, -0.05) is 51.1 Å². The molecule has 0 bridgehead atoms. The van der Waals surface area contributed by atoms with Crippen LogP contribution in [0.4, 0.5) is 0 Å². The minimum absolute atomic E-state index is 0.252. The smallest absolute Gasteiger partial charge is 0.222 e. The molecule has 1 N–H and O–H groups in total. The Kier molecular flexibility index (Phi) is 10.3. The van der Waals surface area contributed by atoms with Gasteiger partial charge in [0.05, 0.1) is 25.4 Å². The summed E-state index contributed by atoms with van der Waals surface area (Å²) in [7, 11) is 3.55. The highest BCUT2D eigenvalue weighted by Gasteiger charge is 2.25. The van der Waals surface area contributed by atoms with E-state index < -0.39 is 6.10 Å². The summed E-state index contributed by atoms with van der Waals surface area (Å²) in [6.45, 7) is 10.6. The summed E-state index contributed by atoms with van der Waals surface area (Å²) in [4.78, 5) is 2.29. The normalized spacial score (nSPS) is 13.2. The minimum atomic E-state index is -0.583. The molecule has 1 aromatic heterocycles. The van der Waals surface area contributed by atoms with Gasteiger partial charge in [0.25, 0.3) is 0 Å². The molecule has 0 spiro atoms. The second-order valence-electron chi connectivity index (χ2n) is 9.67. The van der Waals surface area contributed by atoms with Gasteiger partial charge in [-0.05, 0) is 43.5 Å². The van der Waals surface area contributed by atoms with Crippen molar-refractivity contribution in [3.63, 3.8) is 0 Å². The van der Waals surface area contributed by atoms with Crippen LogP contribution in [-0.4, -0.2) is 58.8 Å². The average Bonchev–Trinajstić information content (AvgIpc) is 3.18. The first kappa shape index (κ1) is 27.7. The largest absolute Gasteiger partial charge is 0.497 e. The van der Waals surface area contributed by atoms with Crippen LogP contribution in [0.1, 0.15) is 39.7 Å². The molecule has 1 heterocycles. The molecule has 0 saturated carbocycles. The van der Waals surface area contributed by atoms with Gasteiger partial charge in [-0.25, -0.2) is 4.68 Å². The summed E-state index contributed by atoms with van der Waals surface area (Å²) in [5, 5.41) is 15.6. The minimum Gasteiger partial charge on any atom is -0.497 e. The lowest BCUT2D eigenvalue weighted by molar-refractivity contribution is 0.0000409. The van der Waals surface area contributed by atoms with E-state index >= 15 is 0 Å². The van der Waals surface area contributed by atoms with Gasteiger partial charge in [0, 0.05) is 38.3 Å². The van der Waals surface area contributed by atoms with Crippen LogP contribution >= 0.6 is 0 Å². The number of ether oxygens (including phenoxy) is 3. The molecule has 0 aliphatic heterocycles. The van der Waals surface area contributed by atoms with Gasteiger partial charge in [0.15, 0.2) is 0 Å². The maximum absolute atomic E-state index is 10.8. The number of aromatic nitrogens is 2. The van der Waals surface area contributed by atoms with E-state index in [2.05, 4.69) is 44.7 Å². The highest BCUT2D eigenvalue weighted by atomic mass is 16.5. The van der Waals surface area contributed by atoms with Gasteiger partial charge in [-0.2, -0.15) is 5.10 Å². The van der Waals surface area contributed by atoms with E-state index in [4.69, 9.17) is 19.3 Å². The van der Waals surface area contributed by atoms with E-state index in [-0.39, 0.29) is 6.04 Å². The van der Waals surface area contributed by atoms with Crippen molar-refractivity contribution in [1.29, 1.82) is 0 Å². The van der Waals surface area contributed by atoms with Crippen LogP contribution in [0.2, 0.25) is 0 Å². The van der Waals surface area contributed by atoms with Crippen molar-refractivity contribution in [3.05, 3.63) is 60.2 Å². The number of hydrogen-bond donors (Lipinski definition) is 1. The quantitative estimate of drug-likeness (QED) is 0.318. The number of aryl methyl sites for hydroxylation is 1. The molecule has 2 aromatic carbocycles. The van der Waals surface area contributed by atoms with E-state index in [1.807, 2.05) is 49.5 Å². The van der Waals surface area contributed by atoms with Gasteiger partial charge in [-0.15, -0.1) is 0 Å². The molecule has 0 aliphatic rings. The zero-order valence-electron chi connectivity index (χ0n) is 22.5. The first-order chi connectivity index (χ1) is 17.3. The van der Waals surface area contributed by atoms with E-state index in [0.29, 0.717) is 43.9 Å². The number of aliphatic hydroxyl groups excluding tert-OH is 1. The van der Waals surface area contributed by atoms with Crippen molar-refractivity contribution in [2.45, 2.75) is 52.8 Å². The van der Waals surface area contributed by atoms with Crippen molar-refractivity contribution < 1.29 is 19.3 Å². The number of aliphatic hydroxyl groups is 1. The number of rotatable bonds is 14. The van der Waals surface area contributed by atoms with E-state index in [0.717, 1.165) is 29.0 Å². The van der Waals surface area contributed by atoms with Crippen LogP contribution in [0.15, 0.2) is 54.6 Å². The zero-order chi connectivity index (χ0) is 26.1. The monoisotopic (exact) mass is 495 g/mol. The molecule has 3 rings (SSSR count). The summed E-state index contributed by atoms with van der Waals surface area (Å²) in [6, 6.07) is 17.9. The van der Waals surface area contributed by atoms with Crippen molar-refractivity contribution >= 4 is 0 Å². The molecule has 3 aromatic rings. The maximum Gasteiger partial charge on any atom is 0.222 e. The predicted molar refractivity (Wildman–Crippen MR) is 144 cm³/mol. The standard InChI is InChI=1S/C29H41N3O4/c1-7-22(4)32(17-24(33)20-35-19-21(2)3)18-27-28(23-11-9-8-10-12-23)30-31(5)29(27)36-26-15-13-25(34-6)14-16-26/h8-16,21-22,24,33H,7,17-20H2,1-6H3/t22-,24+/m1/s1. The molecule has 0 saturated heterocycles. The van der Waals surface area contributed by atoms with E-state index in [1.54, 1.807) is 11.8 Å².